The van der Waals surface area contributed by atoms with Crippen LogP contribution in [0.1, 0.15) is 23.8 Å². The molecule has 3 aromatic rings. The summed E-state index contributed by atoms with van der Waals surface area (Å²) in [6.45, 7) is 2.44. The molecule has 0 bridgehead atoms. The zero-order valence-electron chi connectivity index (χ0n) is 15.0. The molecule has 0 unspecified atom stereocenters. The second-order valence-electron chi connectivity index (χ2n) is 5.95. The van der Waals surface area contributed by atoms with Crippen LogP contribution in [0.25, 0.3) is 11.3 Å². The number of nitrogens with zero attached hydrogens (tertiary/aromatic N) is 2. The molecule has 0 saturated carbocycles. The van der Waals surface area contributed by atoms with Gasteiger partial charge in [-0.2, -0.15) is 5.10 Å². The van der Waals surface area contributed by atoms with Gasteiger partial charge in [0.1, 0.15) is 23.1 Å². The van der Waals surface area contributed by atoms with Crippen molar-refractivity contribution in [3.63, 3.8) is 0 Å². The Balaban J connectivity index is 1.94. The summed E-state index contributed by atoms with van der Waals surface area (Å²) in [6.07, 6.45) is 0.743. The summed E-state index contributed by atoms with van der Waals surface area (Å²) in [7, 11) is 1.46. The Kier molecular flexibility index (Phi) is 5.49. The van der Waals surface area contributed by atoms with Gasteiger partial charge in [-0.25, -0.2) is 8.78 Å². The average Bonchev–Trinajstić information content (AvgIpc) is 3.05. The van der Waals surface area contributed by atoms with Gasteiger partial charge in [0.05, 0.1) is 12.8 Å². The summed E-state index contributed by atoms with van der Waals surface area (Å²) < 4.78 is 34.2. The van der Waals surface area contributed by atoms with Gasteiger partial charge in [-0.3, -0.25) is 9.48 Å². The van der Waals surface area contributed by atoms with Crippen LogP contribution in [0.15, 0.2) is 48.5 Å². The van der Waals surface area contributed by atoms with Crippen molar-refractivity contribution < 1.29 is 18.3 Å². The molecular weight excluding hydrogens is 352 g/mol. The van der Waals surface area contributed by atoms with E-state index in [2.05, 4.69) is 10.4 Å². The van der Waals surface area contributed by atoms with Crippen molar-refractivity contribution in [3.8, 4) is 17.0 Å². The molecule has 0 saturated heterocycles. The molecule has 0 aliphatic heterocycles. The highest BCUT2D eigenvalue weighted by molar-refractivity contribution is 6.03. The SMILES string of the molecule is CCCn1nc(-c2ccc(OC)cc2F)cc1C(=O)Nc1cccc(F)c1. The number of rotatable bonds is 6. The molecule has 1 amide bonds. The minimum Gasteiger partial charge on any atom is -0.497 e. The molecular formula is C20H19F2N3O2. The lowest BCUT2D eigenvalue weighted by atomic mass is 10.1. The van der Waals surface area contributed by atoms with Crippen molar-refractivity contribution in [2.24, 2.45) is 0 Å². The lowest BCUT2D eigenvalue weighted by molar-refractivity contribution is 0.101. The number of hydrogen-bond acceptors (Lipinski definition) is 3. The van der Waals surface area contributed by atoms with Gasteiger partial charge in [-0.15, -0.1) is 0 Å². The number of ether oxygens (including phenoxy) is 1. The van der Waals surface area contributed by atoms with E-state index in [1.807, 2.05) is 6.92 Å². The first-order valence-electron chi connectivity index (χ1n) is 8.50. The molecule has 27 heavy (non-hydrogen) atoms. The number of aromatic nitrogens is 2. The Bertz CT molecular complexity index is 970. The molecule has 1 N–H and O–H groups in total. The second-order valence-corrected chi connectivity index (χ2v) is 5.95. The molecule has 0 radical (unpaired) electrons. The van der Waals surface area contributed by atoms with Gasteiger partial charge in [0.15, 0.2) is 0 Å². The van der Waals surface area contributed by atoms with Crippen LogP contribution in [-0.4, -0.2) is 22.8 Å². The zero-order chi connectivity index (χ0) is 19.4. The Hall–Kier alpha value is -3.22. The second kappa shape index (κ2) is 7.99. The van der Waals surface area contributed by atoms with Gasteiger partial charge in [0.2, 0.25) is 0 Å². The Morgan fingerprint density at radius 1 is 1.19 bits per heavy atom. The van der Waals surface area contributed by atoms with Gasteiger partial charge < -0.3 is 10.1 Å². The van der Waals surface area contributed by atoms with E-state index in [0.29, 0.717) is 23.7 Å². The fourth-order valence-electron chi connectivity index (χ4n) is 2.71. The summed E-state index contributed by atoms with van der Waals surface area (Å²) >= 11 is 0. The number of carbonyl (C=O) groups excluding carboxylic acids is 1. The van der Waals surface area contributed by atoms with Crippen molar-refractivity contribution in [1.29, 1.82) is 0 Å². The maximum Gasteiger partial charge on any atom is 0.273 e. The summed E-state index contributed by atoms with van der Waals surface area (Å²) in [5, 5.41) is 7.01. The molecule has 0 spiro atoms. The molecule has 0 aliphatic rings. The first-order valence-corrected chi connectivity index (χ1v) is 8.50. The molecule has 5 nitrogen and oxygen atoms in total. The Morgan fingerprint density at radius 2 is 2.00 bits per heavy atom. The van der Waals surface area contributed by atoms with E-state index in [1.54, 1.807) is 18.2 Å². The van der Waals surface area contributed by atoms with Crippen LogP contribution in [0.4, 0.5) is 14.5 Å². The monoisotopic (exact) mass is 371 g/mol. The maximum absolute atomic E-state index is 14.4. The van der Waals surface area contributed by atoms with Crippen LogP contribution in [0.5, 0.6) is 5.75 Å². The number of aryl methyl sites for hydroxylation is 1. The maximum atomic E-state index is 14.4. The summed E-state index contributed by atoms with van der Waals surface area (Å²) in [4.78, 5) is 12.6. The van der Waals surface area contributed by atoms with Crippen LogP contribution < -0.4 is 10.1 Å². The summed E-state index contributed by atoms with van der Waals surface area (Å²) in [5.41, 5.74) is 1.21. The average molecular weight is 371 g/mol. The third kappa shape index (κ3) is 4.13. The highest BCUT2D eigenvalue weighted by Crippen LogP contribution is 2.26. The molecule has 1 heterocycles. The zero-order valence-corrected chi connectivity index (χ0v) is 15.0. The van der Waals surface area contributed by atoms with E-state index in [0.717, 1.165) is 6.42 Å². The van der Waals surface area contributed by atoms with E-state index < -0.39 is 17.5 Å². The molecule has 1 aromatic heterocycles. The van der Waals surface area contributed by atoms with Gasteiger partial charge >= 0.3 is 0 Å². The predicted octanol–water partition coefficient (Wildman–Crippen LogP) is 4.50. The number of hydrogen-bond donors (Lipinski definition) is 1. The highest BCUT2D eigenvalue weighted by atomic mass is 19.1. The molecule has 0 fully saturated rings. The van der Waals surface area contributed by atoms with Crippen molar-refractivity contribution in [1.82, 2.24) is 9.78 Å². The molecule has 0 aliphatic carbocycles. The Labute approximate surface area is 155 Å². The summed E-state index contributed by atoms with van der Waals surface area (Å²) in [5.74, 6) is -0.988. The van der Waals surface area contributed by atoms with E-state index in [9.17, 15) is 13.6 Å². The highest BCUT2D eigenvalue weighted by Gasteiger charge is 2.18. The van der Waals surface area contributed by atoms with E-state index in [-0.39, 0.29) is 11.3 Å². The van der Waals surface area contributed by atoms with Crippen LogP contribution in [0.2, 0.25) is 0 Å². The number of benzene rings is 2. The number of methoxy groups -OCH3 is 1. The van der Waals surface area contributed by atoms with Gasteiger partial charge in [-0.1, -0.05) is 13.0 Å². The van der Waals surface area contributed by atoms with Crippen LogP contribution in [0.3, 0.4) is 0 Å². The standard InChI is InChI=1S/C20H19F2N3O2/c1-3-9-25-19(20(26)23-14-6-4-5-13(21)10-14)12-18(24-25)16-8-7-15(27-2)11-17(16)22/h4-8,10-12H,3,9H2,1-2H3,(H,23,26). The van der Waals surface area contributed by atoms with E-state index >= 15 is 0 Å². The largest absolute Gasteiger partial charge is 0.497 e. The number of carbonyl (C=O) groups is 1. The normalized spacial score (nSPS) is 10.7. The molecule has 3 rings (SSSR count). The molecule has 0 atom stereocenters. The predicted molar refractivity (Wildman–Crippen MR) is 98.8 cm³/mol. The third-order valence-corrected chi connectivity index (χ3v) is 3.98. The lowest BCUT2D eigenvalue weighted by Gasteiger charge is -2.07. The van der Waals surface area contributed by atoms with Crippen molar-refractivity contribution >= 4 is 11.6 Å². The Morgan fingerprint density at radius 3 is 2.67 bits per heavy atom. The fraction of sp³-hybridized carbons (Fsp3) is 0.200. The fourth-order valence-corrected chi connectivity index (χ4v) is 2.71. The van der Waals surface area contributed by atoms with Gasteiger partial charge in [-0.05, 0) is 42.8 Å². The number of halogens is 2. The lowest BCUT2D eigenvalue weighted by Crippen LogP contribution is -2.17. The molecule has 2 aromatic carbocycles. The van der Waals surface area contributed by atoms with E-state index in [4.69, 9.17) is 4.74 Å². The minimum atomic E-state index is -0.493. The summed E-state index contributed by atoms with van der Waals surface area (Å²) in [6, 6.07) is 11.6. The number of anilines is 1. The van der Waals surface area contributed by atoms with Crippen LogP contribution in [0, 0.1) is 11.6 Å². The number of nitrogens with one attached hydrogen (secondary N) is 1. The van der Waals surface area contributed by atoms with Gasteiger partial charge in [0.25, 0.3) is 5.91 Å². The van der Waals surface area contributed by atoms with Crippen LogP contribution in [-0.2, 0) is 6.54 Å². The van der Waals surface area contributed by atoms with Crippen LogP contribution >= 0.6 is 0 Å². The molecule has 7 heteroatoms. The quantitative estimate of drug-likeness (QED) is 0.694. The van der Waals surface area contributed by atoms with Gasteiger partial charge in [0, 0.05) is 23.9 Å². The topological polar surface area (TPSA) is 56.2 Å². The smallest absolute Gasteiger partial charge is 0.273 e. The minimum absolute atomic E-state index is 0.269. The number of amides is 1. The van der Waals surface area contributed by atoms with E-state index in [1.165, 1.54) is 42.1 Å². The first-order chi connectivity index (χ1) is 13.0. The van der Waals surface area contributed by atoms with Crippen molar-refractivity contribution in [2.75, 3.05) is 12.4 Å². The van der Waals surface area contributed by atoms with Crippen molar-refractivity contribution in [3.05, 3.63) is 65.9 Å². The van der Waals surface area contributed by atoms with Crippen molar-refractivity contribution in [2.45, 2.75) is 19.9 Å². The first kappa shape index (κ1) is 18.6. The molecule has 140 valence electrons. The third-order valence-electron chi connectivity index (χ3n) is 3.98.